The van der Waals surface area contributed by atoms with E-state index < -0.39 is 5.82 Å². The molecule has 3 heterocycles. The maximum absolute atomic E-state index is 13.6. The highest BCUT2D eigenvalue weighted by molar-refractivity contribution is 7.10. The van der Waals surface area contributed by atoms with E-state index in [1.165, 1.54) is 16.5 Å². The predicted molar refractivity (Wildman–Crippen MR) is 89.2 cm³/mol. The van der Waals surface area contributed by atoms with E-state index in [4.69, 9.17) is 0 Å². The number of thiophene rings is 1. The number of rotatable bonds is 2. The van der Waals surface area contributed by atoms with E-state index in [0.717, 1.165) is 19.5 Å². The van der Waals surface area contributed by atoms with E-state index in [2.05, 4.69) is 21.7 Å². The Morgan fingerprint density at radius 2 is 2.09 bits per heavy atom. The standard InChI is InChI=1S/C17H18FN3OS/c18-14-3-1-2-4-15(14)19-17(22)21-10-13(11-21)20-7-5-16-12(9-20)6-8-23-16/h1-4,6,8,13H,5,7,9-11H2,(H,19,22). The van der Waals surface area contributed by atoms with Crippen LogP contribution in [0.5, 0.6) is 0 Å². The molecule has 0 saturated carbocycles. The van der Waals surface area contributed by atoms with E-state index in [-0.39, 0.29) is 11.7 Å². The van der Waals surface area contributed by atoms with E-state index in [1.807, 2.05) is 11.3 Å². The lowest BCUT2D eigenvalue weighted by atomic mass is 10.0. The summed E-state index contributed by atoms with van der Waals surface area (Å²) in [5, 5.41) is 4.80. The second-order valence-corrected chi connectivity index (χ2v) is 7.06. The number of fused-ring (bicyclic) bond motifs is 1. The van der Waals surface area contributed by atoms with Crippen molar-refractivity contribution in [2.45, 2.75) is 19.0 Å². The van der Waals surface area contributed by atoms with Gasteiger partial charge in [-0.3, -0.25) is 4.90 Å². The highest BCUT2D eigenvalue weighted by atomic mass is 32.1. The largest absolute Gasteiger partial charge is 0.322 e. The van der Waals surface area contributed by atoms with Gasteiger partial charge in [-0.05, 0) is 35.6 Å². The van der Waals surface area contributed by atoms with Crippen LogP contribution in [0.15, 0.2) is 35.7 Å². The Labute approximate surface area is 138 Å². The molecule has 2 aliphatic heterocycles. The van der Waals surface area contributed by atoms with Crippen molar-refractivity contribution in [3.8, 4) is 0 Å². The number of anilines is 1. The fraction of sp³-hybridized carbons (Fsp3) is 0.353. The second kappa shape index (κ2) is 5.94. The molecule has 4 rings (SSSR count). The fourth-order valence-corrected chi connectivity index (χ4v) is 4.08. The van der Waals surface area contributed by atoms with Crippen LogP contribution in [0.2, 0.25) is 0 Å². The van der Waals surface area contributed by atoms with Gasteiger partial charge in [-0.2, -0.15) is 0 Å². The molecule has 0 spiro atoms. The van der Waals surface area contributed by atoms with Gasteiger partial charge in [0.05, 0.1) is 5.69 Å². The van der Waals surface area contributed by atoms with Crippen molar-refractivity contribution in [1.82, 2.24) is 9.80 Å². The number of hydrogen-bond acceptors (Lipinski definition) is 3. The number of nitrogens with zero attached hydrogens (tertiary/aromatic N) is 2. The Balaban J connectivity index is 1.32. The quantitative estimate of drug-likeness (QED) is 0.917. The van der Waals surface area contributed by atoms with Gasteiger partial charge in [0, 0.05) is 37.1 Å². The third-order valence-corrected chi connectivity index (χ3v) is 5.64. The first kappa shape index (κ1) is 14.7. The molecule has 1 saturated heterocycles. The van der Waals surface area contributed by atoms with Crippen LogP contribution in [0.25, 0.3) is 0 Å². The number of carbonyl (C=O) groups excluding carboxylic acids is 1. The number of benzene rings is 1. The van der Waals surface area contributed by atoms with Crippen LogP contribution in [-0.2, 0) is 13.0 Å². The first-order valence-corrected chi connectivity index (χ1v) is 8.68. The molecule has 2 amide bonds. The van der Waals surface area contributed by atoms with Crippen molar-refractivity contribution < 1.29 is 9.18 Å². The summed E-state index contributed by atoms with van der Waals surface area (Å²) in [7, 11) is 0. The zero-order valence-electron chi connectivity index (χ0n) is 12.7. The summed E-state index contributed by atoms with van der Waals surface area (Å²) in [4.78, 5) is 17.8. The van der Waals surface area contributed by atoms with Crippen LogP contribution in [0.4, 0.5) is 14.9 Å². The number of carbonyl (C=O) groups is 1. The van der Waals surface area contributed by atoms with Crippen LogP contribution in [0.1, 0.15) is 10.4 Å². The van der Waals surface area contributed by atoms with Gasteiger partial charge in [0.1, 0.15) is 5.82 Å². The van der Waals surface area contributed by atoms with Crippen LogP contribution in [0, 0.1) is 5.82 Å². The molecule has 0 aliphatic carbocycles. The van der Waals surface area contributed by atoms with Gasteiger partial charge in [0.2, 0.25) is 0 Å². The number of amides is 2. The van der Waals surface area contributed by atoms with Crippen molar-refractivity contribution in [2.75, 3.05) is 25.0 Å². The normalized spacial score (nSPS) is 18.4. The number of urea groups is 1. The lowest BCUT2D eigenvalue weighted by Gasteiger charge is -2.46. The summed E-state index contributed by atoms with van der Waals surface area (Å²) >= 11 is 1.84. The van der Waals surface area contributed by atoms with Gasteiger partial charge >= 0.3 is 6.03 Å². The third kappa shape index (κ3) is 2.84. The number of hydrogen-bond donors (Lipinski definition) is 1. The molecule has 0 unspecified atom stereocenters. The van der Waals surface area contributed by atoms with Gasteiger partial charge in [-0.1, -0.05) is 12.1 Å². The minimum Gasteiger partial charge on any atom is -0.321 e. The number of para-hydroxylation sites is 1. The molecule has 0 bridgehead atoms. The topological polar surface area (TPSA) is 35.6 Å². The average molecular weight is 331 g/mol. The summed E-state index contributed by atoms with van der Waals surface area (Å²) < 4.78 is 13.6. The van der Waals surface area contributed by atoms with Crippen molar-refractivity contribution in [3.63, 3.8) is 0 Å². The highest BCUT2D eigenvalue weighted by Crippen LogP contribution is 2.28. The molecule has 2 aliphatic rings. The van der Waals surface area contributed by atoms with E-state index in [9.17, 15) is 9.18 Å². The van der Waals surface area contributed by atoms with E-state index in [0.29, 0.717) is 19.1 Å². The summed E-state index contributed by atoms with van der Waals surface area (Å²) in [6.45, 7) is 3.45. The average Bonchev–Trinajstić information content (AvgIpc) is 2.96. The molecule has 1 aromatic carbocycles. The van der Waals surface area contributed by atoms with Gasteiger partial charge in [0.15, 0.2) is 0 Å². The van der Waals surface area contributed by atoms with Gasteiger partial charge < -0.3 is 10.2 Å². The molecule has 1 N–H and O–H groups in total. The van der Waals surface area contributed by atoms with E-state index >= 15 is 0 Å². The molecule has 23 heavy (non-hydrogen) atoms. The molecule has 0 atom stereocenters. The lowest BCUT2D eigenvalue weighted by Crippen LogP contribution is -2.62. The van der Waals surface area contributed by atoms with Crippen LogP contribution in [0.3, 0.4) is 0 Å². The second-order valence-electron chi connectivity index (χ2n) is 6.06. The molecular formula is C17H18FN3OS. The first-order chi connectivity index (χ1) is 11.2. The summed E-state index contributed by atoms with van der Waals surface area (Å²) in [5.74, 6) is -0.404. The maximum atomic E-state index is 13.6. The van der Waals surface area contributed by atoms with Crippen molar-refractivity contribution in [1.29, 1.82) is 0 Å². The van der Waals surface area contributed by atoms with Crippen molar-refractivity contribution >= 4 is 23.1 Å². The molecule has 1 aromatic heterocycles. The van der Waals surface area contributed by atoms with Gasteiger partial charge in [-0.15, -0.1) is 11.3 Å². The molecule has 120 valence electrons. The number of nitrogens with one attached hydrogen (secondary N) is 1. The Kier molecular flexibility index (Phi) is 3.79. The minimum atomic E-state index is -0.404. The third-order valence-electron chi connectivity index (χ3n) is 4.62. The maximum Gasteiger partial charge on any atom is 0.322 e. The lowest BCUT2D eigenvalue weighted by molar-refractivity contribution is 0.0533. The Morgan fingerprint density at radius 1 is 1.26 bits per heavy atom. The van der Waals surface area contributed by atoms with Gasteiger partial charge in [0.25, 0.3) is 0 Å². The zero-order chi connectivity index (χ0) is 15.8. The number of halogens is 1. The summed E-state index contributed by atoms with van der Waals surface area (Å²) in [5.41, 5.74) is 1.66. The first-order valence-electron chi connectivity index (χ1n) is 7.80. The Hall–Kier alpha value is -1.92. The predicted octanol–water partition coefficient (Wildman–Crippen LogP) is 3.16. The smallest absolute Gasteiger partial charge is 0.321 e. The molecule has 6 heteroatoms. The minimum absolute atomic E-state index is 0.223. The monoisotopic (exact) mass is 331 g/mol. The summed E-state index contributed by atoms with van der Waals surface area (Å²) in [6, 6.07) is 8.64. The van der Waals surface area contributed by atoms with Crippen LogP contribution < -0.4 is 5.32 Å². The molecule has 0 radical (unpaired) electrons. The van der Waals surface area contributed by atoms with Crippen LogP contribution >= 0.6 is 11.3 Å². The Morgan fingerprint density at radius 3 is 2.91 bits per heavy atom. The van der Waals surface area contributed by atoms with E-state index in [1.54, 1.807) is 23.1 Å². The van der Waals surface area contributed by atoms with Crippen molar-refractivity contribution in [3.05, 3.63) is 52.0 Å². The molecule has 4 nitrogen and oxygen atoms in total. The molecule has 1 fully saturated rings. The summed E-state index contributed by atoms with van der Waals surface area (Å²) in [6.07, 6.45) is 1.10. The van der Waals surface area contributed by atoms with Gasteiger partial charge in [-0.25, -0.2) is 9.18 Å². The van der Waals surface area contributed by atoms with Crippen LogP contribution in [-0.4, -0.2) is 41.5 Å². The molecular weight excluding hydrogens is 313 g/mol. The fourth-order valence-electron chi connectivity index (χ4n) is 3.19. The zero-order valence-corrected chi connectivity index (χ0v) is 13.5. The Bertz CT molecular complexity index is 726. The highest BCUT2D eigenvalue weighted by Gasteiger charge is 2.36. The number of likely N-dealkylation sites (tertiary alicyclic amines) is 1. The van der Waals surface area contributed by atoms with Crippen molar-refractivity contribution in [2.24, 2.45) is 0 Å². The SMILES string of the molecule is O=C(Nc1ccccc1F)N1CC(N2CCc3sccc3C2)C1. The molecule has 2 aromatic rings.